The first-order valence-electron chi connectivity index (χ1n) is 21.9. The molecule has 4 nitrogen and oxygen atoms in total. The van der Waals surface area contributed by atoms with Crippen LogP contribution in [0, 0.1) is 0 Å². The van der Waals surface area contributed by atoms with Gasteiger partial charge in [0.2, 0.25) is 0 Å². The molecule has 2 aromatic heterocycles. The van der Waals surface area contributed by atoms with Crippen LogP contribution in [-0.4, -0.2) is 19.5 Å². The molecule has 0 aliphatic carbocycles. The van der Waals surface area contributed by atoms with Crippen molar-refractivity contribution in [3.63, 3.8) is 0 Å². The predicted octanol–water partition coefficient (Wildman–Crippen LogP) is 14.6. The van der Waals surface area contributed by atoms with E-state index in [1.165, 1.54) is 49.7 Å². The van der Waals surface area contributed by atoms with Gasteiger partial charge in [-0.05, 0) is 73.1 Å². The second-order valence-electron chi connectivity index (χ2n) is 16.7. The molecular formula is C60H38N4. The van der Waals surface area contributed by atoms with E-state index in [2.05, 4.69) is 235 Å². The van der Waals surface area contributed by atoms with Gasteiger partial charge in [0.25, 0.3) is 0 Å². The van der Waals surface area contributed by atoms with Crippen molar-refractivity contribution in [2.24, 2.45) is 0 Å². The van der Waals surface area contributed by atoms with Gasteiger partial charge in [-0.25, -0.2) is 15.0 Å². The van der Waals surface area contributed by atoms with Crippen LogP contribution in [0.1, 0.15) is 22.3 Å². The molecule has 1 aliphatic rings. The van der Waals surface area contributed by atoms with Gasteiger partial charge in [0.05, 0.1) is 22.1 Å². The Balaban J connectivity index is 1.00. The van der Waals surface area contributed by atoms with Crippen LogP contribution in [0.4, 0.5) is 0 Å². The first kappa shape index (κ1) is 36.2. The maximum absolute atomic E-state index is 5.21. The van der Waals surface area contributed by atoms with Gasteiger partial charge in [-0.1, -0.05) is 212 Å². The second-order valence-corrected chi connectivity index (χ2v) is 16.7. The highest BCUT2D eigenvalue weighted by Crippen LogP contribution is 2.55. The van der Waals surface area contributed by atoms with Crippen LogP contribution in [0.15, 0.2) is 231 Å². The van der Waals surface area contributed by atoms with Gasteiger partial charge in [0.15, 0.2) is 17.5 Å². The van der Waals surface area contributed by atoms with Crippen LogP contribution in [0.25, 0.3) is 94.3 Å². The molecule has 0 amide bonds. The van der Waals surface area contributed by atoms with Crippen molar-refractivity contribution >= 4 is 43.4 Å². The number of benzene rings is 10. The number of para-hydroxylation sites is 2. The molecule has 4 heteroatoms. The highest BCUT2D eigenvalue weighted by molar-refractivity contribution is 6.12. The van der Waals surface area contributed by atoms with Crippen LogP contribution in [0.5, 0.6) is 0 Å². The van der Waals surface area contributed by atoms with E-state index >= 15 is 0 Å². The lowest BCUT2D eigenvalue weighted by atomic mass is 9.63. The highest BCUT2D eigenvalue weighted by atomic mass is 15.0. The van der Waals surface area contributed by atoms with Gasteiger partial charge in [0, 0.05) is 27.5 Å². The third kappa shape index (κ3) is 5.39. The Morgan fingerprint density at radius 1 is 0.328 bits per heavy atom. The predicted molar refractivity (Wildman–Crippen MR) is 263 cm³/mol. The molecule has 0 radical (unpaired) electrons. The summed E-state index contributed by atoms with van der Waals surface area (Å²) in [6.45, 7) is 0. The van der Waals surface area contributed by atoms with Gasteiger partial charge in [-0.3, -0.25) is 0 Å². The largest absolute Gasteiger partial charge is 0.309 e. The first-order valence-corrected chi connectivity index (χ1v) is 21.9. The molecule has 3 heterocycles. The Labute approximate surface area is 370 Å². The fourth-order valence-corrected chi connectivity index (χ4v) is 10.5. The summed E-state index contributed by atoms with van der Waals surface area (Å²) in [6.07, 6.45) is 0. The van der Waals surface area contributed by atoms with Crippen LogP contribution >= 0.6 is 0 Å². The molecule has 0 fully saturated rings. The average molecular weight is 815 g/mol. The van der Waals surface area contributed by atoms with Crippen LogP contribution < -0.4 is 0 Å². The molecule has 12 aromatic rings. The SMILES string of the molecule is c1ccc(C2(c3ccccc3)c3cc(-c4ccc(-c5nc(-c6cccc7ccccc67)nc(-c6cccc7ccccc67)n5)cc4)ccc3-n3c4ccccc4c4cccc2c43)cc1. The zero-order valence-corrected chi connectivity index (χ0v) is 34.7. The number of hydrogen-bond acceptors (Lipinski definition) is 3. The third-order valence-corrected chi connectivity index (χ3v) is 13.3. The number of fused-ring (bicyclic) bond motifs is 7. The summed E-state index contributed by atoms with van der Waals surface area (Å²) in [7, 11) is 0. The van der Waals surface area contributed by atoms with E-state index in [-0.39, 0.29) is 0 Å². The Kier molecular flexibility index (Phi) is 8.09. The number of nitrogens with zero attached hydrogens (tertiary/aromatic N) is 4. The van der Waals surface area contributed by atoms with E-state index in [1.807, 2.05) is 0 Å². The van der Waals surface area contributed by atoms with E-state index in [0.717, 1.165) is 49.4 Å². The Morgan fingerprint density at radius 2 is 0.812 bits per heavy atom. The van der Waals surface area contributed by atoms with Crippen molar-refractivity contribution in [1.29, 1.82) is 0 Å². The summed E-state index contributed by atoms with van der Waals surface area (Å²) >= 11 is 0. The van der Waals surface area contributed by atoms with Gasteiger partial charge >= 0.3 is 0 Å². The quantitative estimate of drug-likeness (QED) is 0.168. The summed E-state index contributed by atoms with van der Waals surface area (Å²) in [5, 5.41) is 7.01. The molecular weight excluding hydrogens is 777 g/mol. The smallest absolute Gasteiger partial charge is 0.164 e. The lowest BCUT2D eigenvalue weighted by molar-refractivity contribution is 0.728. The maximum Gasteiger partial charge on any atom is 0.164 e. The Bertz CT molecular complexity index is 3630. The molecule has 13 rings (SSSR count). The molecule has 298 valence electrons. The van der Waals surface area contributed by atoms with E-state index in [4.69, 9.17) is 15.0 Å². The maximum atomic E-state index is 5.21. The van der Waals surface area contributed by atoms with Gasteiger partial charge in [-0.2, -0.15) is 0 Å². The van der Waals surface area contributed by atoms with Gasteiger partial charge in [0.1, 0.15) is 0 Å². The minimum Gasteiger partial charge on any atom is -0.309 e. The molecule has 0 atom stereocenters. The van der Waals surface area contributed by atoms with E-state index < -0.39 is 5.41 Å². The molecule has 0 N–H and O–H groups in total. The van der Waals surface area contributed by atoms with Gasteiger partial charge < -0.3 is 4.57 Å². The summed E-state index contributed by atoms with van der Waals surface area (Å²) in [5.74, 6) is 1.92. The van der Waals surface area contributed by atoms with Crippen LogP contribution in [0.3, 0.4) is 0 Å². The van der Waals surface area contributed by atoms with Crippen molar-refractivity contribution in [3.05, 3.63) is 253 Å². The number of rotatable bonds is 6. The Morgan fingerprint density at radius 3 is 1.45 bits per heavy atom. The standard InChI is InChI=1S/C60H38N4/c1-3-20-44(21-4-1)60(45-22-5-2-6-23-45)52-30-15-27-49-48-26-11-12-31-54(48)64(56(49)52)55-37-36-43(38-53(55)60)39-32-34-42(35-33-39)57-61-58(50-28-13-18-40-16-7-9-24-46(40)50)63-59(62-57)51-29-14-19-41-17-8-10-25-47(41)51/h1-38H. The summed E-state index contributed by atoms with van der Waals surface area (Å²) < 4.78 is 2.49. The minimum atomic E-state index is -0.585. The molecule has 0 saturated carbocycles. The molecule has 1 aliphatic heterocycles. The molecule has 0 saturated heterocycles. The zero-order chi connectivity index (χ0) is 42.2. The van der Waals surface area contributed by atoms with Crippen molar-refractivity contribution in [1.82, 2.24) is 19.5 Å². The van der Waals surface area contributed by atoms with Crippen LogP contribution in [0.2, 0.25) is 0 Å². The monoisotopic (exact) mass is 814 g/mol. The molecule has 10 aromatic carbocycles. The van der Waals surface area contributed by atoms with Crippen molar-refractivity contribution in [3.8, 4) is 51.0 Å². The van der Waals surface area contributed by atoms with Crippen molar-refractivity contribution in [2.45, 2.75) is 5.41 Å². The summed E-state index contributed by atoms with van der Waals surface area (Å²) in [4.78, 5) is 15.6. The first-order chi connectivity index (χ1) is 31.7. The lowest BCUT2D eigenvalue weighted by Crippen LogP contribution is -2.35. The topological polar surface area (TPSA) is 43.6 Å². The van der Waals surface area contributed by atoms with Crippen LogP contribution in [-0.2, 0) is 5.41 Å². The molecule has 64 heavy (non-hydrogen) atoms. The fraction of sp³-hybridized carbons (Fsp3) is 0.0167. The summed E-state index contributed by atoms with van der Waals surface area (Å²) in [6, 6.07) is 83.0. The normalized spacial score (nSPS) is 12.8. The zero-order valence-electron chi connectivity index (χ0n) is 34.7. The van der Waals surface area contributed by atoms with E-state index in [1.54, 1.807) is 0 Å². The number of aromatic nitrogens is 4. The number of hydrogen-bond donors (Lipinski definition) is 0. The fourth-order valence-electron chi connectivity index (χ4n) is 10.5. The average Bonchev–Trinajstić information content (AvgIpc) is 3.72. The minimum absolute atomic E-state index is 0.585. The highest BCUT2D eigenvalue weighted by Gasteiger charge is 2.45. The molecule has 0 spiro atoms. The lowest BCUT2D eigenvalue weighted by Gasteiger charge is -2.42. The summed E-state index contributed by atoms with van der Waals surface area (Å²) in [5.41, 5.74) is 13.2. The van der Waals surface area contributed by atoms with E-state index in [9.17, 15) is 0 Å². The molecule has 0 bridgehead atoms. The van der Waals surface area contributed by atoms with Crippen molar-refractivity contribution in [2.75, 3.05) is 0 Å². The third-order valence-electron chi connectivity index (χ3n) is 13.3. The second kappa shape index (κ2) is 14.3. The Hall–Kier alpha value is -8.47. The molecule has 0 unspecified atom stereocenters. The van der Waals surface area contributed by atoms with Gasteiger partial charge in [-0.15, -0.1) is 0 Å². The van der Waals surface area contributed by atoms with Crippen molar-refractivity contribution < 1.29 is 0 Å². The van der Waals surface area contributed by atoms with E-state index in [0.29, 0.717) is 17.5 Å².